The smallest absolute Gasteiger partial charge is 0.376 e. The summed E-state index contributed by atoms with van der Waals surface area (Å²) < 4.78 is 36.8. The van der Waals surface area contributed by atoms with Crippen molar-refractivity contribution in [3.05, 3.63) is 0 Å². The molecule has 92 valence electrons. The van der Waals surface area contributed by atoms with Crippen LogP contribution in [-0.2, 0) is 0 Å². The predicted molar refractivity (Wildman–Crippen MR) is 57.9 cm³/mol. The molecular formula is C9H14F3N3S. The van der Waals surface area contributed by atoms with Gasteiger partial charge in [-0.3, -0.25) is 4.90 Å². The lowest BCUT2D eigenvalue weighted by Gasteiger charge is -2.41. The van der Waals surface area contributed by atoms with Crippen molar-refractivity contribution < 1.29 is 13.2 Å². The Labute approximate surface area is 97.4 Å². The third kappa shape index (κ3) is 2.40. The van der Waals surface area contributed by atoms with E-state index in [4.69, 9.17) is 18.0 Å². The maximum atomic E-state index is 12.3. The molecule has 2 aliphatic rings. The van der Waals surface area contributed by atoms with Gasteiger partial charge in [-0.1, -0.05) is 0 Å². The first-order chi connectivity index (χ1) is 7.37. The lowest BCUT2D eigenvalue weighted by molar-refractivity contribution is -0.150. The second kappa shape index (κ2) is 4.03. The van der Waals surface area contributed by atoms with E-state index in [1.165, 1.54) is 4.90 Å². The number of halogens is 3. The number of hydrogen-bond donors (Lipinski definition) is 1. The predicted octanol–water partition coefficient (Wildman–Crippen LogP) is 0.941. The fourth-order valence-electron chi connectivity index (χ4n) is 2.73. The van der Waals surface area contributed by atoms with Gasteiger partial charge in [-0.05, 0) is 25.1 Å². The van der Waals surface area contributed by atoms with Gasteiger partial charge in [-0.2, -0.15) is 13.2 Å². The Morgan fingerprint density at radius 2 is 1.75 bits per heavy atom. The quantitative estimate of drug-likeness (QED) is 0.705. The Hall–Kier alpha value is -0.560. The van der Waals surface area contributed by atoms with Crippen molar-refractivity contribution in [2.75, 3.05) is 19.6 Å². The zero-order valence-corrected chi connectivity index (χ0v) is 9.52. The van der Waals surface area contributed by atoms with E-state index in [9.17, 15) is 13.2 Å². The van der Waals surface area contributed by atoms with E-state index < -0.39 is 12.7 Å². The van der Waals surface area contributed by atoms with Crippen LogP contribution in [0.1, 0.15) is 12.8 Å². The Morgan fingerprint density at radius 1 is 1.25 bits per heavy atom. The molecule has 0 aromatic heterocycles. The summed E-state index contributed by atoms with van der Waals surface area (Å²) in [7, 11) is 0. The first-order valence-corrected chi connectivity index (χ1v) is 5.64. The lowest BCUT2D eigenvalue weighted by atomic mass is 10.2. The van der Waals surface area contributed by atoms with Crippen LogP contribution in [0.15, 0.2) is 0 Å². The van der Waals surface area contributed by atoms with Crippen LogP contribution >= 0.6 is 12.2 Å². The molecule has 2 unspecified atom stereocenters. The zero-order chi connectivity index (χ0) is 11.9. The van der Waals surface area contributed by atoms with Crippen LogP contribution in [0.3, 0.4) is 0 Å². The monoisotopic (exact) mass is 253 g/mol. The molecule has 2 heterocycles. The summed E-state index contributed by atoms with van der Waals surface area (Å²) in [5, 5.41) is 0.319. The fourth-order valence-corrected chi connectivity index (χ4v) is 3.03. The highest BCUT2D eigenvalue weighted by Gasteiger charge is 2.43. The van der Waals surface area contributed by atoms with Gasteiger partial charge in [0.05, 0.1) is 6.54 Å². The van der Waals surface area contributed by atoms with Gasteiger partial charge in [0.2, 0.25) is 0 Å². The highest BCUT2D eigenvalue weighted by atomic mass is 32.1. The van der Waals surface area contributed by atoms with Gasteiger partial charge in [0.25, 0.3) is 0 Å². The largest absolute Gasteiger partial charge is 0.401 e. The highest BCUT2D eigenvalue weighted by molar-refractivity contribution is 7.80. The van der Waals surface area contributed by atoms with Crippen molar-refractivity contribution >= 4 is 17.3 Å². The molecule has 2 saturated heterocycles. The first-order valence-electron chi connectivity index (χ1n) is 5.23. The average molecular weight is 253 g/mol. The highest BCUT2D eigenvalue weighted by Crippen LogP contribution is 2.31. The molecule has 3 nitrogen and oxygen atoms in total. The number of fused-ring (bicyclic) bond motifs is 2. The normalized spacial score (nSPS) is 30.8. The Bertz CT molecular complexity index is 280. The van der Waals surface area contributed by atoms with Gasteiger partial charge < -0.3 is 10.6 Å². The van der Waals surface area contributed by atoms with Crippen LogP contribution in [0.4, 0.5) is 13.2 Å². The zero-order valence-electron chi connectivity index (χ0n) is 8.70. The second-order valence-electron chi connectivity index (χ2n) is 4.44. The molecule has 0 aromatic carbocycles. The molecule has 16 heavy (non-hydrogen) atoms. The van der Waals surface area contributed by atoms with Crippen LogP contribution in [-0.4, -0.2) is 52.8 Å². The van der Waals surface area contributed by atoms with Crippen molar-refractivity contribution in [1.29, 1.82) is 0 Å². The summed E-state index contributed by atoms with van der Waals surface area (Å²) >= 11 is 4.92. The molecule has 0 spiro atoms. The minimum absolute atomic E-state index is 0.0681. The maximum Gasteiger partial charge on any atom is 0.401 e. The summed E-state index contributed by atoms with van der Waals surface area (Å²) in [6.07, 6.45) is -2.35. The molecule has 7 heteroatoms. The van der Waals surface area contributed by atoms with Gasteiger partial charge in [0, 0.05) is 25.2 Å². The standard InChI is InChI=1S/C9H14F3N3S/c10-9(11,12)5-14-3-6-1-2-7(4-14)15(6)8(13)16/h6-7H,1-5H2,(H2,13,16). The van der Waals surface area contributed by atoms with E-state index in [0.717, 1.165) is 12.8 Å². The van der Waals surface area contributed by atoms with E-state index in [0.29, 0.717) is 18.2 Å². The molecule has 2 aliphatic heterocycles. The van der Waals surface area contributed by atoms with E-state index in [1.54, 1.807) is 0 Å². The molecule has 0 aromatic rings. The molecule has 0 amide bonds. The van der Waals surface area contributed by atoms with E-state index in [1.807, 2.05) is 4.90 Å². The minimum Gasteiger partial charge on any atom is -0.376 e. The van der Waals surface area contributed by atoms with Gasteiger partial charge in [-0.25, -0.2) is 0 Å². The second-order valence-corrected chi connectivity index (χ2v) is 4.86. The molecule has 0 radical (unpaired) electrons. The van der Waals surface area contributed by atoms with Crippen LogP contribution in [0, 0.1) is 0 Å². The molecule has 2 fully saturated rings. The number of piperazine rings is 1. The summed E-state index contributed by atoms with van der Waals surface area (Å²) in [6, 6.07) is 0.136. The Balaban J connectivity index is 2.00. The van der Waals surface area contributed by atoms with Gasteiger partial charge >= 0.3 is 6.18 Å². The molecular weight excluding hydrogens is 239 g/mol. The SMILES string of the molecule is NC(=S)N1C2CCC1CN(CC(F)(F)F)C2. The van der Waals surface area contributed by atoms with Crippen molar-refractivity contribution in [3.63, 3.8) is 0 Å². The van der Waals surface area contributed by atoms with Crippen molar-refractivity contribution in [2.45, 2.75) is 31.1 Å². The molecule has 0 aliphatic carbocycles. The number of hydrogen-bond acceptors (Lipinski definition) is 2. The number of alkyl halides is 3. The maximum absolute atomic E-state index is 12.3. The Morgan fingerprint density at radius 3 is 2.12 bits per heavy atom. The number of thiocarbonyl (C=S) groups is 1. The van der Waals surface area contributed by atoms with E-state index in [-0.39, 0.29) is 12.1 Å². The molecule has 2 bridgehead atoms. The number of nitrogens with zero attached hydrogens (tertiary/aromatic N) is 2. The van der Waals surface area contributed by atoms with E-state index >= 15 is 0 Å². The minimum atomic E-state index is -4.12. The fraction of sp³-hybridized carbons (Fsp3) is 0.889. The van der Waals surface area contributed by atoms with Gasteiger partial charge in [-0.15, -0.1) is 0 Å². The van der Waals surface area contributed by atoms with Gasteiger partial charge in [0.1, 0.15) is 0 Å². The van der Waals surface area contributed by atoms with Gasteiger partial charge in [0.15, 0.2) is 5.11 Å². The number of rotatable bonds is 1. The summed E-state index contributed by atoms with van der Waals surface area (Å²) in [5.41, 5.74) is 5.58. The summed E-state index contributed by atoms with van der Waals surface area (Å²) in [4.78, 5) is 3.36. The Kier molecular flexibility index (Phi) is 3.00. The molecule has 2 rings (SSSR count). The summed E-state index contributed by atoms with van der Waals surface area (Å²) in [5.74, 6) is 0. The van der Waals surface area contributed by atoms with Crippen molar-refractivity contribution in [3.8, 4) is 0 Å². The van der Waals surface area contributed by atoms with E-state index in [2.05, 4.69) is 0 Å². The van der Waals surface area contributed by atoms with Crippen LogP contribution in [0.25, 0.3) is 0 Å². The number of likely N-dealkylation sites (tertiary alicyclic amines) is 1. The molecule has 0 saturated carbocycles. The third-order valence-corrected chi connectivity index (χ3v) is 3.43. The topological polar surface area (TPSA) is 32.5 Å². The lowest BCUT2D eigenvalue weighted by Crippen LogP contribution is -2.58. The average Bonchev–Trinajstić information content (AvgIpc) is 2.36. The van der Waals surface area contributed by atoms with Crippen molar-refractivity contribution in [2.24, 2.45) is 5.73 Å². The molecule has 2 N–H and O–H groups in total. The first kappa shape index (κ1) is 11.9. The van der Waals surface area contributed by atoms with Crippen LogP contribution < -0.4 is 5.73 Å². The third-order valence-electron chi connectivity index (χ3n) is 3.22. The molecule has 2 atom stereocenters. The van der Waals surface area contributed by atoms with Crippen LogP contribution in [0.5, 0.6) is 0 Å². The van der Waals surface area contributed by atoms with Crippen LogP contribution in [0.2, 0.25) is 0 Å². The summed E-state index contributed by atoms with van der Waals surface area (Å²) in [6.45, 7) is -0.00806. The van der Waals surface area contributed by atoms with Crippen molar-refractivity contribution in [1.82, 2.24) is 9.80 Å². The number of nitrogens with two attached hydrogens (primary N) is 1.